The molecule has 2 nitrogen and oxygen atoms in total. The molecule has 12 heavy (non-hydrogen) atoms. The van der Waals surface area contributed by atoms with Crippen molar-refractivity contribution in [2.45, 2.75) is 38.5 Å². The third-order valence-corrected chi connectivity index (χ3v) is 3.42. The van der Waals surface area contributed by atoms with Crippen LogP contribution in [0.2, 0.25) is 0 Å². The monoisotopic (exact) mass is 189 g/mol. The number of sulfone groups is 1. The largest absolute Gasteiger partial charge is 0.229 e. The predicted octanol–water partition coefficient (Wildman–Crippen LogP) is 2.16. The van der Waals surface area contributed by atoms with Crippen LogP contribution in [0.3, 0.4) is 0 Å². The fourth-order valence-corrected chi connectivity index (χ4v) is 2.51. The van der Waals surface area contributed by atoms with Crippen LogP contribution in [-0.2, 0) is 9.84 Å². The van der Waals surface area contributed by atoms with Crippen molar-refractivity contribution in [2.24, 2.45) is 5.92 Å². The van der Waals surface area contributed by atoms with Gasteiger partial charge in [0, 0.05) is 0 Å². The van der Waals surface area contributed by atoms with E-state index in [1.54, 1.807) is 0 Å². The van der Waals surface area contributed by atoms with Crippen LogP contribution in [0.5, 0.6) is 0 Å². The lowest BCUT2D eigenvalue weighted by molar-refractivity contribution is 0.350. The van der Waals surface area contributed by atoms with E-state index in [1.807, 2.05) is 0 Å². The average Bonchev–Trinajstić information content (AvgIpc) is 2.02. The lowest BCUT2D eigenvalue weighted by Crippen LogP contribution is -2.11. The van der Waals surface area contributed by atoms with Gasteiger partial charge in [-0.3, -0.25) is 0 Å². The molecule has 0 N–H and O–H groups in total. The summed E-state index contributed by atoms with van der Waals surface area (Å²) >= 11 is 0. The van der Waals surface area contributed by atoms with Crippen LogP contribution in [0.1, 0.15) is 38.5 Å². The molecule has 1 aliphatic rings. The first kappa shape index (κ1) is 10.0. The van der Waals surface area contributed by atoms with Crippen molar-refractivity contribution in [3.8, 4) is 0 Å². The zero-order valence-electron chi connectivity index (χ0n) is 7.46. The summed E-state index contributed by atoms with van der Waals surface area (Å²) < 4.78 is 21.5. The molecule has 0 aromatic carbocycles. The van der Waals surface area contributed by atoms with E-state index in [9.17, 15) is 8.42 Å². The molecule has 1 rings (SSSR count). The summed E-state index contributed by atoms with van der Waals surface area (Å²) in [6.45, 7) is 0. The van der Waals surface area contributed by atoms with Gasteiger partial charge in [-0.05, 0) is 12.3 Å². The highest BCUT2D eigenvalue weighted by molar-refractivity contribution is 7.92. The second-order valence-electron chi connectivity index (χ2n) is 3.74. The summed E-state index contributed by atoms with van der Waals surface area (Å²) in [7, 11) is -2.97. The zero-order chi connectivity index (χ0) is 9.03. The number of hydrogen-bond acceptors (Lipinski definition) is 2. The van der Waals surface area contributed by atoms with E-state index in [4.69, 9.17) is 0 Å². The van der Waals surface area contributed by atoms with Gasteiger partial charge in [-0.15, -0.1) is 0 Å². The smallest absolute Gasteiger partial charge is 0.151 e. The summed E-state index contributed by atoms with van der Waals surface area (Å²) in [4.78, 5) is 0. The highest BCUT2D eigenvalue weighted by Crippen LogP contribution is 2.26. The fourth-order valence-electron chi connectivity index (χ4n) is 1.82. The molecule has 71 valence electrons. The zero-order valence-corrected chi connectivity index (χ0v) is 8.28. The van der Waals surface area contributed by atoms with Gasteiger partial charge >= 0.3 is 0 Å². The minimum absolute atomic E-state index is 0.275. The standard InChI is InChI=1S/C9H17O2S/c1-12(10,11)8-7-9-5-3-2-4-6-9/h9H,1-8H2. The predicted molar refractivity (Wildman–Crippen MR) is 50.3 cm³/mol. The Morgan fingerprint density at radius 2 is 1.75 bits per heavy atom. The highest BCUT2D eigenvalue weighted by Gasteiger charge is 2.15. The van der Waals surface area contributed by atoms with Gasteiger partial charge in [-0.25, -0.2) is 8.42 Å². The quantitative estimate of drug-likeness (QED) is 0.682. The SMILES string of the molecule is [CH2]S(=O)(=O)CCC1CCCCC1. The molecule has 0 saturated heterocycles. The summed E-state index contributed by atoms with van der Waals surface area (Å²) in [5.74, 6) is 0.924. The van der Waals surface area contributed by atoms with Crippen molar-refractivity contribution in [1.29, 1.82) is 0 Å². The second kappa shape index (κ2) is 4.26. The van der Waals surface area contributed by atoms with Crippen molar-refractivity contribution in [2.75, 3.05) is 5.75 Å². The number of rotatable bonds is 3. The first-order valence-electron chi connectivity index (χ1n) is 4.64. The molecule has 0 spiro atoms. The molecule has 0 bridgehead atoms. The number of hydrogen-bond donors (Lipinski definition) is 0. The molecular formula is C9H17O2S. The van der Waals surface area contributed by atoms with Crippen LogP contribution in [0.25, 0.3) is 0 Å². The van der Waals surface area contributed by atoms with E-state index in [1.165, 1.54) is 32.1 Å². The molecule has 3 heteroatoms. The minimum Gasteiger partial charge on any atom is -0.229 e. The molecule has 0 aromatic heterocycles. The molecular weight excluding hydrogens is 172 g/mol. The molecule has 0 aliphatic heterocycles. The Labute approximate surface area is 75.3 Å². The molecule has 0 aromatic rings. The van der Waals surface area contributed by atoms with Crippen LogP contribution in [0, 0.1) is 12.2 Å². The Bertz CT molecular complexity index is 213. The molecule has 0 amide bonds. The lowest BCUT2D eigenvalue weighted by atomic mass is 9.88. The Morgan fingerprint density at radius 1 is 1.17 bits per heavy atom. The Kier molecular flexibility index (Phi) is 3.56. The second-order valence-corrected chi connectivity index (χ2v) is 5.64. The lowest BCUT2D eigenvalue weighted by Gasteiger charge is -2.20. The van der Waals surface area contributed by atoms with E-state index in [2.05, 4.69) is 6.26 Å². The maximum atomic E-state index is 10.8. The van der Waals surface area contributed by atoms with E-state index < -0.39 is 9.84 Å². The Morgan fingerprint density at radius 3 is 2.25 bits per heavy atom. The van der Waals surface area contributed by atoms with Gasteiger partial charge in [0.2, 0.25) is 0 Å². The van der Waals surface area contributed by atoms with E-state index in [0.717, 1.165) is 6.42 Å². The molecule has 1 saturated carbocycles. The summed E-state index contributed by atoms with van der Waals surface area (Å²) in [5.41, 5.74) is 0. The van der Waals surface area contributed by atoms with Crippen molar-refractivity contribution >= 4 is 9.84 Å². The maximum absolute atomic E-state index is 10.8. The van der Waals surface area contributed by atoms with Crippen LogP contribution >= 0.6 is 0 Å². The third kappa shape index (κ3) is 4.10. The van der Waals surface area contributed by atoms with Crippen LogP contribution < -0.4 is 0 Å². The molecule has 0 heterocycles. The van der Waals surface area contributed by atoms with E-state index >= 15 is 0 Å². The topological polar surface area (TPSA) is 34.1 Å². The van der Waals surface area contributed by atoms with E-state index in [0.29, 0.717) is 5.92 Å². The van der Waals surface area contributed by atoms with Crippen molar-refractivity contribution in [3.05, 3.63) is 6.26 Å². The van der Waals surface area contributed by atoms with Gasteiger partial charge in [-0.1, -0.05) is 32.1 Å². The van der Waals surface area contributed by atoms with Gasteiger partial charge in [0.25, 0.3) is 0 Å². The summed E-state index contributed by atoms with van der Waals surface area (Å²) in [5, 5.41) is 0. The molecule has 0 atom stereocenters. The van der Waals surface area contributed by atoms with Crippen molar-refractivity contribution in [1.82, 2.24) is 0 Å². The van der Waals surface area contributed by atoms with Gasteiger partial charge in [0.1, 0.15) is 0 Å². The summed E-state index contributed by atoms with van der Waals surface area (Å²) in [6, 6.07) is 0. The van der Waals surface area contributed by atoms with Crippen molar-refractivity contribution < 1.29 is 8.42 Å². The van der Waals surface area contributed by atoms with Gasteiger partial charge in [0.15, 0.2) is 9.84 Å². The fraction of sp³-hybridized carbons (Fsp3) is 0.889. The van der Waals surface area contributed by atoms with Crippen molar-refractivity contribution in [3.63, 3.8) is 0 Å². The summed E-state index contributed by atoms with van der Waals surface area (Å²) in [6.07, 6.45) is 10.3. The first-order chi connectivity index (χ1) is 5.58. The molecule has 1 fully saturated rings. The highest BCUT2D eigenvalue weighted by atomic mass is 32.2. The molecule has 1 radical (unpaired) electrons. The first-order valence-corrected chi connectivity index (χ1v) is 6.46. The normalized spacial score (nSPS) is 21.1. The van der Waals surface area contributed by atoms with Gasteiger partial charge in [-0.2, -0.15) is 0 Å². The third-order valence-electron chi connectivity index (χ3n) is 2.56. The Balaban J connectivity index is 2.22. The molecule has 1 aliphatic carbocycles. The maximum Gasteiger partial charge on any atom is 0.151 e. The van der Waals surface area contributed by atoms with E-state index in [-0.39, 0.29) is 5.75 Å². The van der Waals surface area contributed by atoms with Gasteiger partial charge < -0.3 is 0 Å². The average molecular weight is 189 g/mol. The molecule has 0 unspecified atom stereocenters. The van der Waals surface area contributed by atoms with Crippen LogP contribution in [-0.4, -0.2) is 14.2 Å². The van der Waals surface area contributed by atoms with Crippen LogP contribution in [0.15, 0.2) is 0 Å². The minimum atomic E-state index is -2.97. The Hall–Kier alpha value is -0.0500. The van der Waals surface area contributed by atoms with Crippen LogP contribution in [0.4, 0.5) is 0 Å². The van der Waals surface area contributed by atoms with Gasteiger partial charge in [0.05, 0.1) is 12.0 Å².